The molecule has 0 aromatic heterocycles. The second kappa shape index (κ2) is 11.6. The van der Waals surface area contributed by atoms with E-state index in [9.17, 15) is 9.36 Å². The average molecular weight is 346 g/mol. The van der Waals surface area contributed by atoms with Crippen molar-refractivity contribution in [3.8, 4) is 12.3 Å². The highest BCUT2D eigenvalue weighted by atomic mass is 31.2. The second-order valence-corrected chi connectivity index (χ2v) is 7.53. The first kappa shape index (κ1) is 22.0. The van der Waals surface area contributed by atoms with Crippen LogP contribution in [0.15, 0.2) is 12.2 Å². The number of rotatable bonds is 12. The fourth-order valence-corrected chi connectivity index (χ4v) is 2.84. The van der Waals surface area contributed by atoms with Crippen molar-refractivity contribution in [2.75, 3.05) is 34.3 Å². The van der Waals surface area contributed by atoms with Gasteiger partial charge < -0.3 is 18.5 Å². The summed E-state index contributed by atoms with van der Waals surface area (Å²) in [6.45, 7) is 3.95. The van der Waals surface area contributed by atoms with Crippen LogP contribution in [0.25, 0.3) is 0 Å². The molecule has 0 radical (unpaired) electrons. The number of carbonyl (C=O) groups excluding carboxylic acids is 1. The zero-order chi connectivity index (χ0) is 17.9. The van der Waals surface area contributed by atoms with Gasteiger partial charge in [0.15, 0.2) is 0 Å². The third-order valence-electron chi connectivity index (χ3n) is 3.23. The van der Waals surface area contributed by atoms with E-state index in [1.807, 2.05) is 26.0 Å². The second-order valence-electron chi connectivity index (χ2n) is 5.26. The zero-order valence-electron chi connectivity index (χ0n) is 14.5. The number of methoxy groups -OCH3 is 1. The van der Waals surface area contributed by atoms with Crippen LogP contribution in [-0.4, -0.2) is 46.2 Å². The van der Waals surface area contributed by atoms with Gasteiger partial charge in [-0.2, -0.15) is 0 Å². The van der Waals surface area contributed by atoms with Crippen LogP contribution >= 0.6 is 7.60 Å². The maximum Gasteiger partial charge on any atom is 0.337 e. The normalized spacial score (nSPS) is 16.0. The molecule has 0 bridgehead atoms. The Hall–Kier alpha value is -0.960. The number of ketones is 1. The minimum Gasteiger partial charge on any atom is -0.359 e. The van der Waals surface area contributed by atoms with Gasteiger partial charge in [0.25, 0.3) is 0 Å². The number of hydrogen-bond donors (Lipinski definition) is 0. The maximum atomic E-state index is 11.9. The van der Waals surface area contributed by atoms with Crippen LogP contribution in [0.2, 0.25) is 0 Å². The molecule has 0 aliphatic rings. The monoisotopic (exact) mass is 346 g/mol. The molecule has 0 spiro atoms. The number of terminal acetylenes is 1. The summed E-state index contributed by atoms with van der Waals surface area (Å²) in [6.07, 6.45) is 8.86. The lowest BCUT2D eigenvalue weighted by molar-refractivity contribution is -0.117. The summed E-state index contributed by atoms with van der Waals surface area (Å²) in [4.78, 5) is 11.9. The molecule has 0 aliphatic heterocycles. The minimum absolute atomic E-state index is 0.0169. The molecule has 0 saturated carbocycles. The third kappa shape index (κ3) is 9.04. The van der Waals surface area contributed by atoms with Crippen LogP contribution in [0, 0.1) is 24.2 Å². The Kier molecular flexibility index (Phi) is 11.1. The van der Waals surface area contributed by atoms with Gasteiger partial charge in [0.2, 0.25) is 0 Å². The first-order chi connectivity index (χ1) is 10.8. The Bertz CT molecular complexity index is 460. The van der Waals surface area contributed by atoms with Gasteiger partial charge in [-0.25, -0.2) is 0 Å². The third-order valence-corrected chi connectivity index (χ3v) is 5.08. The summed E-state index contributed by atoms with van der Waals surface area (Å²) in [7, 11) is 0.762. The maximum absolute atomic E-state index is 11.9. The van der Waals surface area contributed by atoms with Gasteiger partial charge >= 0.3 is 7.60 Å². The van der Waals surface area contributed by atoms with E-state index in [4.69, 9.17) is 24.9 Å². The number of Topliss-reactive ketones (excluding diaryl/α,β-unsaturated/α-hetero) is 1. The Balaban J connectivity index is 4.47. The van der Waals surface area contributed by atoms with Crippen molar-refractivity contribution in [3.05, 3.63) is 12.2 Å². The van der Waals surface area contributed by atoms with Crippen LogP contribution in [-0.2, 0) is 27.9 Å². The van der Waals surface area contributed by atoms with E-state index in [-0.39, 0.29) is 37.0 Å². The molecule has 0 unspecified atom stereocenters. The van der Waals surface area contributed by atoms with Crippen LogP contribution in [0.5, 0.6) is 0 Å². The topological polar surface area (TPSA) is 71.1 Å². The number of hydrogen-bond acceptors (Lipinski definition) is 6. The molecule has 7 heteroatoms. The zero-order valence-corrected chi connectivity index (χ0v) is 15.4. The quantitative estimate of drug-likeness (QED) is 0.234. The summed E-state index contributed by atoms with van der Waals surface area (Å²) in [5.74, 6) is 2.34. The predicted octanol–water partition coefficient (Wildman–Crippen LogP) is 2.88. The largest absolute Gasteiger partial charge is 0.359 e. The molecule has 3 atom stereocenters. The summed E-state index contributed by atoms with van der Waals surface area (Å²) < 4.78 is 31.6. The fraction of sp³-hybridized carbons (Fsp3) is 0.688. The molecule has 0 heterocycles. The van der Waals surface area contributed by atoms with Gasteiger partial charge in [0.05, 0.1) is 0 Å². The predicted molar refractivity (Wildman–Crippen MR) is 89.2 cm³/mol. The summed E-state index contributed by atoms with van der Waals surface area (Å²) in [6, 6.07) is 0. The molecule has 0 fully saturated rings. The molecule has 0 saturated heterocycles. The fourth-order valence-electron chi connectivity index (χ4n) is 1.87. The van der Waals surface area contributed by atoms with Crippen molar-refractivity contribution in [2.24, 2.45) is 11.8 Å². The Morgan fingerprint density at radius 1 is 1.22 bits per heavy atom. The summed E-state index contributed by atoms with van der Waals surface area (Å²) in [5, 5.41) is 0. The van der Waals surface area contributed by atoms with Crippen molar-refractivity contribution in [1.82, 2.24) is 0 Å². The minimum atomic E-state index is -3.30. The van der Waals surface area contributed by atoms with E-state index in [1.165, 1.54) is 21.3 Å². The van der Waals surface area contributed by atoms with Crippen molar-refractivity contribution in [3.63, 3.8) is 0 Å². The Morgan fingerprint density at radius 3 is 2.30 bits per heavy atom. The molecular weight excluding hydrogens is 319 g/mol. The smallest absolute Gasteiger partial charge is 0.337 e. The van der Waals surface area contributed by atoms with E-state index >= 15 is 0 Å². The molecule has 0 aromatic rings. The number of ether oxygens (including phenoxy) is 2. The molecule has 0 rings (SSSR count). The summed E-state index contributed by atoms with van der Waals surface area (Å²) in [5.41, 5.74) is 0. The van der Waals surface area contributed by atoms with Gasteiger partial charge in [-0.1, -0.05) is 31.9 Å². The average Bonchev–Trinajstić information content (AvgIpc) is 2.53. The molecule has 0 amide bonds. The standard InChI is InChI=1S/C16H27O6P/c1-7-16(22-12-19-4)14(3)9-8-13(2)10-15(17)11-23(18,20-5)21-6/h1,8-9,13-14,16H,10-12H2,2-6H3/b9-8+/t13-,14-,16-/m0/s1. The first-order valence-electron chi connectivity index (χ1n) is 7.29. The van der Waals surface area contributed by atoms with Crippen molar-refractivity contribution >= 4 is 13.4 Å². The molecule has 6 nitrogen and oxygen atoms in total. The molecule has 23 heavy (non-hydrogen) atoms. The van der Waals surface area contributed by atoms with Crippen LogP contribution in [0.3, 0.4) is 0 Å². The molecule has 0 aliphatic carbocycles. The summed E-state index contributed by atoms with van der Waals surface area (Å²) >= 11 is 0. The molecule has 132 valence electrons. The van der Waals surface area contributed by atoms with E-state index in [2.05, 4.69) is 5.92 Å². The van der Waals surface area contributed by atoms with E-state index in [0.717, 1.165) is 0 Å². The van der Waals surface area contributed by atoms with Crippen LogP contribution < -0.4 is 0 Å². The van der Waals surface area contributed by atoms with Crippen molar-refractivity contribution in [2.45, 2.75) is 26.4 Å². The van der Waals surface area contributed by atoms with Gasteiger partial charge in [0.1, 0.15) is 24.8 Å². The Morgan fingerprint density at radius 2 is 1.83 bits per heavy atom. The Labute approximate surface area is 139 Å². The van der Waals surface area contributed by atoms with Crippen molar-refractivity contribution < 1.29 is 27.9 Å². The molecule has 0 N–H and O–H groups in total. The van der Waals surface area contributed by atoms with Crippen molar-refractivity contribution in [1.29, 1.82) is 0 Å². The van der Waals surface area contributed by atoms with Gasteiger partial charge in [-0.15, -0.1) is 6.42 Å². The van der Waals surface area contributed by atoms with Gasteiger partial charge in [-0.05, 0) is 5.92 Å². The van der Waals surface area contributed by atoms with Crippen LogP contribution in [0.4, 0.5) is 0 Å². The number of carbonyl (C=O) groups is 1. The highest BCUT2D eigenvalue weighted by Gasteiger charge is 2.25. The van der Waals surface area contributed by atoms with Crippen LogP contribution in [0.1, 0.15) is 20.3 Å². The van der Waals surface area contributed by atoms with E-state index in [1.54, 1.807) is 0 Å². The van der Waals surface area contributed by atoms with E-state index in [0.29, 0.717) is 0 Å². The molecular formula is C16H27O6P. The van der Waals surface area contributed by atoms with E-state index < -0.39 is 13.7 Å². The number of allylic oxidation sites excluding steroid dienone is 1. The highest BCUT2D eigenvalue weighted by Crippen LogP contribution is 2.46. The first-order valence-corrected chi connectivity index (χ1v) is 9.01. The SMILES string of the molecule is C#C[C@H](OCOC)[C@@H](C)/C=C/[C@H](C)CC(=O)CP(=O)(OC)OC. The lowest BCUT2D eigenvalue weighted by Crippen LogP contribution is -2.20. The highest BCUT2D eigenvalue weighted by molar-refractivity contribution is 7.54. The lowest BCUT2D eigenvalue weighted by Gasteiger charge is -2.17. The lowest BCUT2D eigenvalue weighted by atomic mass is 9.99. The van der Waals surface area contributed by atoms with Gasteiger partial charge in [0, 0.05) is 33.7 Å². The van der Waals surface area contributed by atoms with Gasteiger partial charge in [-0.3, -0.25) is 9.36 Å². The molecule has 0 aromatic carbocycles.